The van der Waals surface area contributed by atoms with Crippen LogP contribution in [0.5, 0.6) is 0 Å². The Morgan fingerprint density at radius 1 is 1.06 bits per heavy atom. The first kappa shape index (κ1) is 26.2. The predicted octanol–water partition coefficient (Wildman–Crippen LogP) is 3.60. The molecule has 3 aromatic rings. The van der Waals surface area contributed by atoms with Crippen LogP contribution < -0.4 is 10.6 Å². The van der Waals surface area contributed by atoms with E-state index < -0.39 is 0 Å². The number of nitrogens with one attached hydrogen (secondary N) is 2. The SMILES string of the molecule is CN=C(NCc1ccccc1Cn1cccn1)NCC(c1cccc(C)c1)N1CCOCC1.I. The fraction of sp³-hybridized carbons (Fsp3) is 0.385. The number of aromatic nitrogens is 2. The zero-order chi connectivity index (χ0) is 22.9. The molecule has 1 aliphatic rings. The summed E-state index contributed by atoms with van der Waals surface area (Å²) in [6.07, 6.45) is 3.80. The largest absolute Gasteiger partial charge is 0.379 e. The molecule has 0 spiro atoms. The van der Waals surface area contributed by atoms with E-state index in [0.717, 1.165) is 45.4 Å². The number of hydrogen-bond donors (Lipinski definition) is 2. The van der Waals surface area contributed by atoms with E-state index in [-0.39, 0.29) is 30.0 Å². The van der Waals surface area contributed by atoms with Gasteiger partial charge in [-0.2, -0.15) is 5.10 Å². The number of rotatable bonds is 8. The molecule has 1 unspecified atom stereocenters. The van der Waals surface area contributed by atoms with Crippen molar-refractivity contribution in [1.82, 2.24) is 25.3 Å². The second-order valence-electron chi connectivity index (χ2n) is 8.36. The summed E-state index contributed by atoms with van der Waals surface area (Å²) < 4.78 is 7.53. The van der Waals surface area contributed by atoms with Gasteiger partial charge in [-0.05, 0) is 29.7 Å². The summed E-state index contributed by atoms with van der Waals surface area (Å²) in [4.78, 5) is 6.97. The fourth-order valence-corrected chi connectivity index (χ4v) is 4.27. The van der Waals surface area contributed by atoms with Gasteiger partial charge in [0, 0.05) is 45.6 Å². The number of benzene rings is 2. The molecule has 1 aromatic heterocycles. The van der Waals surface area contributed by atoms with Crippen LogP contribution in [0.25, 0.3) is 0 Å². The van der Waals surface area contributed by atoms with Crippen molar-refractivity contribution in [1.29, 1.82) is 0 Å². The van der Waals surface area contributed by atoms with Gasteiger partial charge >= 0.3 is 0 Å². The number of halogens is 1. The first-order valence-corrected chi connectivity index (χ1v) is 11.6. The molecule has 0 amide bonds. The van der Waals surface area contributed by atoms with Gasteiger partial charge in [-0.1, -0.05) is 54.1 Å². The summed E-state index contributed by atoms with van der Waals surface area (Å²) in [5.74, 6) is 0.801. The second kappa shape index (κ2) is 13.5. The number of nitrogens with zero attached hydrogens (tertiary/aromatic N) is 4. The van der Waals surface area contributed by atoms with Gasteiger partial charge in [-0.25, -0.2) is 0 Å². The van der Waals surface area contributed by atoms with E-state index in [2.05, 4.69) is 81.1 Å². The molecule has 7 nitrogen and oxygen atoms in total. The molecule has 1 atom stereocenters. The summed E-state index contributed by atoms with van der Waals surface area (Å²) in [7, 11) is 1.82. The van der Waals surface area contributed by atoms with Gasteiger partial charge in [-0.3, -0.25) is 14.6 Å². The van der Waals surface area contributed by atoms with E-state index in [1.807, 2.05) is 30.2 Å². The highest BCUT2D eigenvalue weighted by Gasteiger charge is 2.23. The Balaban J connectivity index is 0.00000324. The zero-order valence-electron chi connectivity index (χ0n) is 20.0. The lowest BCUT2D eigenvalue weighted by molar-refractivity contribution is 0.0170. The third-order valence-electron chi connectivity index (χ3n) is 6.06. The molecule has 0 aliphatic carbocycles. The molecule has 2 aromatic carbocycles. The number of morpholine rings is 1. The quantitative estimate of drug-likeness (QED) is 0.245. The van der Waals surface area contributed by atoms with Gasteiger partial charge in [0.15, 0.2) is 5.96 Å². The Morgan fingerprint density at radius 2 is 1.85 bits per heavy atom. The maximum atomic E-state index is 5.59. The van der Waals surface area contributed by atoms with E-state index in [1.165, 1.54) is 22.3 Å². The first-order chi connectivity index (χ1) is 16.2. The number of ether oxygens (including phenoxy) is 1. The summed E-state index contributed by atoms with van der Waals surface area (Å²) in [5.41, 5.74) is 5.08. The van der Waals surface area contributed by atoms with Gasteiger partial charge in [0.25, 0.3) is 0 Å². The molecule has 182 valence electrons. The van der Waals surface area contributed by atoms with Gasteiger partial charge in [-0.15, -0.1) is 24.0 Å². The average molecular weight is 575 g/mol. The maximum Gasteiger partial charge on any atom is 0.191 e. The summed E-state index contributed by atoms with van der Waals surface area (Å²) in [5, 5.41) is 11.4. The monoisotopic (exact) mass is 574 g/mol. The molecule has 1 saturated heterocycles. The molecule has 2 heterocycles. The van der Waals surface area contributed by atoms with Crippen molar-refractivity contribution in [3.05, 3.63) is 89.2 Å². The average Bonchev–Trinajstić information content (AvgIpc) is 3.36. The molecule has 1 fully saturated rings. The molecule has 0 bridgehead atoms. The lowest BCUT2D eigenvalue weighted by Crippen LogP contribution is -2.46. The Bertz CT molecular complexity index is 1030. The van der Waals surface area contributed by atoms with Crippen molar-refractivity contribution < 1.29 is 4.74 Å². The van der Waals surface area contributed by atoms with Crippen molar-refractivity contribution >= 4 is 29.9 Å². The van der Waals surface area contributed by atoms with Crippen molar-refractivity contribution in [2.24, 2.45) is 4.99 Å². The van der Waals surface area contributed by atoms with Crippen molar-refractivity contribution in [3.8, 4) is 0 Å². The molecular formula is C26H35IN6O. The van der Waals surface area contributed by atoms with E-state index in [1.54, 1.807) is 0 Å². The Hall–Kier alpha value is -2.43. The van der Waals surface area contributed by atoms with Gasteiger partial charge in [0.1, 0.15) is 0 Å². The van der Waals surface area contributed by atoms with Crippen LogP contribution in [0.3, 0.4) is 0 Å². The van der Waals surface area contributed by atoms with Crippen LogP contribution in [0.2, 0.25) is 0 Å². The van der Waals surface area contributed by atoms with E-state index >= 15 is 0 Å². The van der Waals surface area contributed by atoms with Crippen molar-refractivity contribution in [2.45, 2.75) is 26.1 Å². The van der Waals surface area contributed by atoms with Crippen LogP contribution in [0.1, 0.15) is 28.3 Å². The highest BCUT2D eigenvalue weighted by molar-refractivity contribution is 14.0. The van der Waals surface area contributed by atoms with Crippen molar-refractivity contribution in [2.75, 3.05) is 39.9 Å². The normalized spacial score (nSPS) is 15.4. The van der Waals surface area contributed by atoms with Crippen LogP contribution in [-0.2, 0) is 17.8 Å². The van der Waals surface area contributed by atoms with Gasteiger partial charge in [0.05, 0.1) is 25.8 Å². The van der Waals surface area contributed by atoms with E-state index in [4.69, 9.17) is 4.74 Å². The lowest BCUT2D eigenvalue weighted by Gasteiger charge is -2.35. The molecule has 34 heavy (non-hydrogen) atoms. The lowest BCUT2D eigenvalue weighted by atomic mass is 10.0. The summed E-state index contributed by atoms with van der Waals surface area (Å²) in [6, 6.07) is 19.5. The highest BCUT2D eigenvalue weighted by Crippen LogP contribution is 2.22. The van der Waals surface area contributed by atoms with E-state index in [9.17, 15) is 0 Å². The zero-order valence-corrected chi connectivity index (χ0v) is 22.3. The first-order valence-electron chi connectivity index (χ1n) is 11.6. The van der Waals surface area contributed by atoms with Gasteiger partial charge in [0.2, 0.25) is 0 Å². The maximum absolute atomic E-state index is 5.59. The van der Waals surface area contributed by atoms with Gasteiger partial charge < -0.3 is 15.4 Å². The molecular weight excluding hydrogens is 539 g/mol. The minimum absolute atomic E-state index is 0. The molecule has 0 saturated carbocycles. The van der Waals surface area contributed by atoms with Crippen molar-refractivity contribution in [3.63, 3.8) is 0 Å². The predicted molar refractivity (Wildman–Crippen MR) is 148 cm³/mol. The fourth-order valence-electron chi connectivity index (χ4n) is 4.27. The second-order valence-corrected chi connectivity index (χ2v) is 8.36. The smallest absolute Gasteiger partial charge is 0.191 e. The molecule has 1 aliphatic heterocycles. The topological polar surface area (TPSA) is 66.7 Å². The number of aliphatic imine (C=N–C) groups is 1. The number of aryl methyl sites for hydroxylation is 1. The van der Waals surface area contributed by atoms with Crippen LogP contribution in [0, 0.1) is 6.92 Å². The minimum atomic E-state index is 0. The Kier molecular flexibility index (Phi) is 10.4. The van der Waals surface area contributed by atoms with Crippen LogP contribution in [-0.4, -0.2) is 60.5 Å². The molecule has 2 N–H and O–H groups in total. The number of hydrogen-bond acceptors (Lipinski definition) is 4. The summed E-state index contributed by atoms with van der Waals surface area (Å²) >= 11 is 0. The minimum Gasteiger partial charge on any atom is -0.379 e. The third kappa shape index (κ3) is 7.28. The summed E-state index contributed by atoms with van der Waals surface area (Å²) in [6.45, 7) is 7.81. The molecule has 4 rings (SSSR count). The Morgan fingerprint density at radius 3 is 2.56 bits per heavy atom. The standard InChI is InChI=1S/C26H34N6O.HI/c1-21-7-5-10-22(17-21)25(31-13-15-33-16-14-31)19-29-26(27-2)28-18-23-8-3-4-9-24(23)20-32-12-6-11-30-32;/h3-12,17,25H,13-16,18-20H2,1-2H3,(H2,27,28,29);1H. The van der Waals surface area contributed by atoms with E-state index in [0.29, 0.717) is 6.54 Å². The van der Waals surface area contributed by atoms with Crippen LogP contribution in [0.4, 0.5) is 0 Å². The highest BCUT2D eigenvalue weighted by atomic mass is 127. The number of guanidine groups is 1. The third-order valence-corrected chi connectivity index (χ3v) is 6.06. The molecule has 0 radical (unpaired) electrons. The van der Waals surface area contributed by atoms with Crippen LogP contribution in [0.15, 0.2) is 72.0 Å². The Labute approximate surface area is 219 Å². The van der Waals surface area contributed by atoms with Crippen LogP contribution >= 0.6 is 24.0 Å². The molecule has 8 heteroatoms.